The molecule has 4 aromatic carbocycles. The normalized spacial score (nSPS) is 11.7. The number of rotatable bonds is 5. The highest BCUT2D eigenvalue weighted by atomic mass is 32.2. The summed E-state index contributed by atoms with van der Waals surface area (Å²) in [5, 5.41) is 15.6. The molecule has 6 heteroatoms. The van der Waals surface area contributed by atoms with Gasteiger partial charge in [0.1, 0.15) is 22.7 Å². The van der Waals surface area contributed by atoms with Crippen molar-refractivity contribution < 1.29 is 0 Å². The molecule has 0 radical (unpaired) electrons. The zero-order valence-corrected chi connectivity index (χ0v) is 25.1. The molecular formula is C38H27N5S. The number of pyridine rings is 2. The molecule has 0 spiro atoms. The Bertz CT molecular complexity index is 2350. The predicted molar refractivity (Wildman–Crippen MR) is 180 cm³/mol. The Kier molecular flexibility index (Phi) is 6.21. The van der Waals surface area contributed by atoms with Crippen molar-refractivity contribution in [2.45, 2.75) is 29.7 Å². The molecule has 0 atom stereocenters. The minimum atomic E-state index is 0.404. The van der Waals surface area contributed by atoms with Crippen molar-refractivity contribution in [3.8, 4) is 17.7 Å². The van der Waals surface area contributed by atoms with Crippen LogP contribution in [0.2, 0.25) is 0 Å². The first-order valence-corrected chi connectivity index (χ1v) is 15.5. The van der Waals surface area contributed by atoms with Gasteiger partial charge in [-0.1, -0.05) is 92.3 Å². The molecule has 0 fully saturated rings. The van der Waals surface area contributed by atoms with Gasteiger partial charge in [0.05, 0.1) is 27.6 Å². The van der Waals surface area contributed by atoms with Crippen molar-refractivity contribution in [1.29, 1.82) is 5.26 Å². The Morgan fingerprint density at radius 1 is 0.636 bits per heavy atom. The quantitative estimate of drug-likeness (QED) is 0.202. The SMILES string of the molecule is CC(C)c1ccc(-n2c3ccccc3c3cc(C#N)c(Sc4cccc(-n5c6ccccc6c6ccccc65)n4)cc32)nc1. The van der Waals surface area contributed by atoms with E-state index in [2.05, 4.69) is 108 Å². The molecular weight excluding hydrogens is 559 g/mol. The third-order valence-corrected chi connectivity index (χ3v) is 9.29. The van der Waals surface area contributed by atoms with Crippen LogP contribution in [0.5, 0.6) is 0 Å². The predicted octanol–water partition coefficient (Wildman–Crippen LogP) is 9.82. The molecule has 0 unspecified atom stereocenters. The number of hydrogen-bond acceptors (Lipinski definition) is 4. The zero-order chi connectivity index (χ0) is 29.8. The summed E-state index contributed by atoms with van der Waals surface area (Å²) in [6.45, 7) is 4.35. The summed E-state index contributed by atoms with van der Waals surface area (Å²) in [4.78, 5) is 10.8. The minimum absolute atomic E-state index is 0.404. The summed E-state index contributed by atoms with van der Waals surface area (Å²) in [6, 6.07) is 42.1. The summed E-state index contributed by atoms with van der Waals surface area (Å²) in [6.07, 6.45) is 1.96. The molecule has 0 saturated carbocycles. The first-order valence-electron chi connectivity index (χ1n) is 14.7. The topological polar surface area (TPSA) is 59.4 Å². The molecule has 0 N–H and O–H groups in total. The van der Waals surface area contributed by atoms with Crippen LogP contribution in [0.3, 0.4) is 0 Å². The monoisotopic (exact) mass is 585 g/mol. The maximum absolute atomic E-state index is 10.3. The lowest BCUT2D eigenvalue weighted by atomic mass is 10.1. The molecule has 8 aromatic rings. The average Bonchev–Trinajstić information content (AvgIpc) is 3.57. The molecule has 0 aliphatic carbocycles. The van der Waals surface area contributed by atoms with Crippen molar-refractivity contribution in [3.05, 3.63) is 133 Å². The van der Waals surface area contributed by atoms with E-state index in [1.54, 1.807) is 0 Å². The molecule has 0 saturated heterocycles. The van der Waals surface area contributed by atoms with Crippen LogP contribution in [0.25, 0.3) is 55.2 Å². The molecule has 44 heavy (non-hydrogen) atoms. The van der Waals surface area contributed by atoms with Gasteiger partial charge in [0, 0.05) is 32.6 Å². The maximum atomic E-state index is 10.3. The molecule has 8 rings (SSSR count). The van der Waals surface area contributed by atoms with Gasteiger partial charge in [0.2, 0.25) is 0 Å². The Hall–Kier alpha value is -5.38. The molecule has 210 valence electrons. The minimum Gasteiger partial charge on any atom is -0.294 e. The summed E-state index contributed by atoms with van der Waals surface area (Å²) in [7, 11) is 0. The van der Waals surface area contributed by atoms with Gasteiger partial charge in [-0.25, -0.2) is 9.97 Å². The number of para-hydroxylation sites is 3. The van der Waals surface area contributed by atoms with Crippen LogP contribution in [0.4, 0.5) is 0 Å². The van der Waals surface area contributed by atoms with Gasteiger partial charge in [-0.15, -0.1) is 0 Å². The second-order valence-corrected chi connectivity index (χ2v) is 12.3. The van der Waals surface area contributed by atoms with E-state index in [4.69, 9.17) is 9.97 Å². The Labute approximate surface area is 259 Å². The van der Waals surface area contributed by atoms with Crippen molar-refractivity contribution in [2.75, 3.05) is 0 Å². The average molecular weight is 586 g/mol. The van der Waals surface area contributed by atoms with E-state index in [0.717, 1.165) is 54.4 Å². The number of benzene rings is 4. The van der Waals surface area contributed by atoms with E-state index in [0.29, 0.717) is 11.5 Å². The van der Waals surface area contributed by atoms with E-state index in [1.165, 1.54) is 28.1 Å². The smallest absolute Gasteiger partial charge is 0.138 e. The van der Waals surface area contributed by atoms with E-state index in [-0.39, 0.29) is 0 Å². The first-order chi connectivity index (χ1) is 21.6. The fraction of sp³-hybridized carbons (Fsp3) is 0.0789. The second kappa shape index (κ2) is 10.4. The van der Waals surface area contributed by atoms with Crippen LogP contribution >= 0.6 is 11.8 Å². The number of aromatic nitrogens is 4. The van der Waals surface area contributed by atoms with E-state index in [1.807, 2.05) is 42.6 Å². The van der Waals surface area contributed by atoms with Crippen LogP contribution < -0.4 is 0 Å². The lowest BCUT2D eigenvalue weighted by molar-refractivity contribution is 0.854. The summed E-state index contributed by atoms with van der Waals surface area (Å²) in [5.74, 6) is 2.10. The highest BCUT2D eigenvalue weighted by Crippen LogP contribution is 2.39. The van der Waals surface area contributed by atoms with Crippen molar-refractivity contribution in [2.24, 2.45) is 0 Å². The summed E-state index contributed by atoms with van der Waals surface area (Å²) >= 11 is 1.52. The Balaban J connectivity index is 1.28. The Morgan fingerprint density at radius 3 is 1.84 bits per heavy atom. The van der Waals surface area contributed by atoms with Crippen LogP contribution in [0, 0.1) is 11.3 Å². The van der Waals surface area contributed by atoms with Gasteiger partial charge >= 0.3 is 0 Å². The fourth-order valence-corrected chi connectivity index (χ4v) is 7.05. The highest BCUT2D eigenvalue weighted by Gasteiger charge is 2.18. The van der Waals surface area contributed by atoms with Gasteiger partial charge in [-0.3, -0.25) is 9.13 Å². The summed E-state index contributed by atoms with van der Waals surface area (Å²) in [5.41, 5.74) is 6.12. The second-order valence-electron chi connectivity index (χ2n) is 11.2. The van der Waals surface area contributed by atoms with Gasteiger partial charge < -0.3 is 0 Å². The van der Waals surface area contributed by atoms with E-state index in [9.17, 15) is 5.26 Å². The summed E-state index contributed by atoms with van der Waals surface area (Å²) < 4.78 is 4.41. The zero-order valence-electron chi connectivity index (χ0n) is 24.3. The number of nitriles is 1. The fourth-order valence-electron chi connectivity index (χ4n) is 6.15. The third kappa shape index (κ3) is 4.16. The Morgan fingerprint density at radius 2 is 1.25 bits per heavy atom. The van der Waals surface area contributed by atoms with Crippen LogP contribution in [-0.4, -0.2) is 19.1 Å². The third-order valence-electron chi connectivity index (χ3n) is 8.29. The van der Waals surface area contributed by atoms with Gasteiger partial charge in [-0.2, -0.15) is 5.26 Å². The number of fused-ring (bicyclic) bond motifs is 6. The van der Waals surface area contributed by atoms with Crippen LogP contribution in [0.1, 0.15) is 30.9 Å². The molecule has 0 aliphatic rings. The maximum Gasteiger partial charge on any atom is 0.138 e. The number of nitrogens with zero attached hydrogens (tertiary/aromatic N) is 5. The van der Waals surface area contributed by atoms with Crippen LogP contribution in [-0.2, 0) is 0 Å². The molecule has 0 aliphatic heterocycles. The lowest BCUT2D eigenvalue weighted by Crippen LogP contribution is -1.99. The molecule has 4 heterocycles. The van der Waals surface area contributed by atoms with Crippen LogP contribution in [0.15, 0.2) is 131 Å². The van der Waals surface area contributed by atoms with Gasteiger partial charge in [0.15, 0.2) is 0 Å². The van der Waals surface area contributed by atoms with Crippen molar-refractivity contribution in [3.63, 3.8) is 0 Å². The first kappa shape index (κ1) is 26.3. The number of hydrogen-bond donors (Lipinski definition) is 0. The van der Waals surface area contributed by atoms with E-state index < -0.39 is 0 Å². The largest absolute Gasteiger partial charge is 0.294 e. The molecule has 5 nitrogen and oxygen atoms in total. The standard InChI is InChI=1S/C38H27N5S/c1-24(2)25-18-19-36(40-23-25)43-33-15-8-5-12-29(33)30-20-26(22-39)35(21-34(30)43)44-38-17-9-16-37(41-38)42-31-13-6-3-10-27(31)28-11-4-7-14-32(28)42/h3-21,23-24H,1-2H3. The van der Waals surface area contributed by atoms with E-state index >= 15 is 0 Å². The van der Waals surface area contributed by atoms with Crippen molar-refractivity contribution >= 4 is 55.4 Å². The van der Waals surface area contributed by atoms with Gasteiger partial charge in [0.25, 0.3) is 0 Å². The molecule has 0 bridgehead atoms. The molecule has 4 aromatic heterocycles. The van der Waals surface area contributed by atoms with Crippen molar-refractivity contribution in [1.82, 2.24) is 19.1 Å². The highest BCUT2D eigenvalue weighted by molar-refractivity contribution is 7.99. The molecule has 0 amide bonds. The lowest BCUT2D eigenvalue weighted by Gasteiger charge is -2.11. The van der Waals surface area contributed by atoms with Gasteiger partial charge in [-0.05, 0) is 60.0 Å².